The first-order valence-electron chi connectivity index (χ1n) is 4.99. The van der Waals surface area contributed by atoms with Gasteiger partial charge in [0.1, 0.15) is 6.04 Å². The van der Waals surface area contributed by atoms with Crippen molar-refractivity contribution >= 4 is 27.7 Å². The molecule has 2 atom stereocenters. The van der Waals surface area contributed by atoms with Gasteiger partial charge in [0.25, 0.3) is 11.8 Å². The van der Waals surface area contributed by atoms with Crippen LogP contribution in [0, 0.1) is 0 Å². The van der Waals surface area contributed by atoms with Gasteiger partial charge in [0.15, 0.2) is 0 Å². The van der Waals surface area contributed by atoms with E-state index in [1.165, 1.54) is 30.9 Å². The summed E-state index contributed by atoms with van der Waals surface area (Å²) in [5.74, 6) is -1.49. The van der Waals surface area contributed by atoms with Crippen molar-refractivity contribution in [2.45, 2.75) is 19.1 Å². The number of hydrogen-bond acceptors (Lipinski definition) is 5. The summed E-state index contributed by atoms with van der Waals surface area (Å²) in [6, 6.07) is 0.264. The molecule has 0 aromatic carbocycles. The van der Waals surface area contributed by atoms with Gasteiger partial charge in [-0.3, -0.25) is 19.8 Å². The zero-order chi connectivity index (χ0) is 13.7. The third kappa shape index (κ3) is 3.76. The maximum Gasteiger partial charge on any atom is 0.268 e. The van der Waals surface area contributed by atoms with Crippen molar-refractivity contribution in [3.63, 3.8) is 0 Å². The molecule has 2 amide bonds. The zero-order valence-electron chi connectivity index (χ0n) is 9.42. The minimum atomic E-state index is -1.25. The lowest BCUT2D eigenvalue weighted by Gasteiger charge is -2.19. The largest absolute Gasteiger partial charge is 0.391 e. The van der Waals surface area contributed by atoms with Crippen LogP contribution in [0.25, 0.3) is 0 Å². The normalized spacial score (nSPS) is 13.6. The topological polar surface area (TPSA) is 112 Å². The molecule has 0 aliphatic heterocycles. The van der Waals surface area contributed by atoms with Crippen LogP contribution in [-0.4, -0.2) is 39.3 Å². The van der Waals surface area contributed by atoms with Crippen LogP contribution in [0.15, 0.2) is 22.9 Å². The number of rotatable bonds is 4. The average molecular weight is 318 g/mol. The number of halogens is 1. The molecule has 7 nitrogen and oxygen atoms in total. The van der Waals surface area contributed by atoms with Crippen molar-refractivity contribution in [2.75, 3.05) is 0 Å². The fraction of sp³-hybridized carbons (Fsp3) is 0.300. The Balaban J connectivity index is 2.82. The highest BCUT2D eigenvalue weighted by molar-refractivity contribution is 9.10. The monoisotopic (exact) mass is 317 g/mol. The Labute approximate surface area is 111 Å². The molecule has 0 spiro atoms. The molecular formula is C10H12BrN3O4. The Kier molecular flexibility index (Phi) is 5.20. The van der Waals surface area contributed by atoms with Gasteiger partial charge in [0.2, 0.25) is 0 Å². The molecule has 0 radical (unpaired) electrons. The first-order chi connectivity index (χ1) is 8.45. The molecule has 1 aromatic rings. The number of amides is 2. The molecule has 98 valence electrons. The molecule has 4 N–H and O–H groups in total. The van der Waals surface area contributed by atoms with Crippen LogP contribution in [0.3, 0.4) is 0 Å². The molecular weight excluding hydrogens is 306 g/mol. The average Bonchev–Trinajstić information content (AvgIpc) is 2.34. The van der Waals surface area contributed by atoms with E-state index in [0.717, 1.165) is 0 Å². The molecule has 0 saturated heterocycles. The quantitative estimate of drug-likeness (QED) is 0.455. The van der Waals surface area contributed by atoms with Crippen LogP contribution in [-0.2, 0) is 4.79 Å². The van der Waals surface area contributed by atoms with E-state index in [2.05, 4.69) is 26.2 Å². The second-order valence-electron chi connectivity index (χ2n) is 3.56. The number of hydrogen-bond donors (Lipinski definition) is 4. The first kappa shape index (κ1) is 14.6. The number of pyridine rings is 1. The Hall–Kier alpha value is -1.51. The SMILES string of the molecule is CC(O)C(NC(=O)c1cncc(Br)c1)C(=O)NO. The van der Waals surface area contributed by atoms with Crippen molar-refractivity contribution in [3.8, 4) is 0 Å². The molecule has 1 aromatic heterocycles. The molecule has 0 aliphatic rings. The van der Waals surface area contributed by atoms with Gasteiger partial charge in [0, 0.05) is 16.9 Å². The van der Waals surface area contributed by atoms with Gasteiger partial charge in [-0.1, -0.05) is 0 Å². The van der Waals surface area contributed by atoms with Gasteiger partial charge in [-0.15, -0.1) is 0 Å². The summed E-state index contributed by atoms with van der Waals surface area (Å²) in [5.41, 5.74) is 1.60. The Morgan fingerprint density at radius 1 is 1.44 bits per heavy atom. The minimum absolute atomic E-state index is 0.223. The van der Waals surface area contributed by atoms with Crippen molar-refractivity contribution in [3.05, 3.63) is 28.5 Å². The maximum atomic E-state index is 11.8. The van der Waals surface area contributed by atoms with Gasteiger partial charge >= 0.3 is 0 Å². The van der Waals surface area contributed by atoms with E-state index in [4.69, 9.17) is 5.21 Å². The van der Waals surface area contributed by atoms with E-state index in [0.29, 0.717) is 4.47 Å². The molecule has 1 rings (SSSR count). The van der Waals surface area contributed by atoms with Gasteiger partial charge in [-0.25, -0.2) is 5.48 Å². The fourth-order valence-electron chi connectivity index (χ4n) is 1.24. The third-order valence-corrected chi connectivity index (χ3v) is 2.56. The summed E-state index contributed by atoms with van der Waals surface area (Å²) < 4.78 is 0.607. The molecule has 0 saturated carbocycles. The standard InChI is InChI=1S/C10H12BrN3O4/c1-5(15)8(10(17)14-18)13-9(16)6-2-7(11)4-12-3-6/h2-5,8,15,18H,1H3,(H,13,16)(H,14,17). The zero-order valence-corrected chi connectivity index (χ0v) is 11.0. The van der Waals surface area contributed by atoms with Crippen LogP contribution in [0.2, 0.25) is 0 Å². The number of carbonyl (C=O) groups is 2. The highest BCUT2D eigenvalue weighted by Gasteiger charge is 2.25. The molecule has 2 unspecified atom stereocenters. The lowest BCUT2D eigenvalue weighted by molar-refractivity contribution is -0.133. The summed E-state index contributed by atoms with van der Waals surface area (Å²) in [5, 5.41) is 20.1. The Bertz CT molecular complexity index is 453. The molecule has 0 bridgehead atoms. The van der Waals surface area contributed by atoms with Crippen molar-refractivity contribution < 1.29 is 19.9 Å². The van der Waals surface area contributed by atoms with E-state index in [-0.39, 0.29) is 5.56 Å². The van der Waals surface area contributed by atoms with Gasteiger partial charge < -0.3 is 10.4 Å². The lowest BCUT2D eigenvalue weighted by atomic mass is 10.1. The van der Waals surface area contributed by atoms with Crippen LogP contribution < -0.4 is 10.8 Å². The van der Waals surface area contributed by atoms with Crippen molar-refractivity contribution in [2.24, 2.45) is 0 Å². The van der Waals surface area contributed by atoms with E-state index in [1.54, 1.807) is 0 Å². The number of hydroxylamine groups is 1. The van der Waals surface area contributed by atoms with Crippen LogP contribution in [0.1, 0.15) is 17.3 Å². The van der Waals surface area contributed by atoms with Crippen LogP contribution >= 0.6 is 15.9 Å². The Morgan fingerprint density at radius 2 is 2.11 bits per heavy atom. The number of aliphatic hydroxyl groups excluding tert-OH is 1. The molecule has 0 fully saturated rings. The van der Waals surface area contributed by atoms with E-state index >= 15 is 0 Å². The van der Waals surface area contributed by atoms with Crippen molar-refractivity contribution in [1.29, 1.82) is 0 Å². The summed E-state index contributed by atoms with van der Waals surface area (Å²) in [7, 11) is 0. The molecule has 0 aliphatic carbocycles. The highest BCUT2D eigenvalue weighted by atomic mass is 79.9. The highest BCUT2D eigenvalue weighted by Crippen LogP contribution is 2.09. The van der Waals surface area contributed by atoms with Gasteiger partial charge in [-0.05, 0) is 28.9 Å². The molecule has 1 heterocycles. The van der Waals surface area contributed by atoms with Gasteiger partial charge in [-0.2, -0.15) is 0 Å². The molecule has 8 heteroatoms. The fourth-order valence-corrected chi connectivity index (χ4v) is 1.60. The number of nitrogens with one attached hydrogen (secondary N) is 2. The summed E-state index contributed by atoms with van der Waals surface area (Å²) in [6.45, 7) is 1.32. The number of carbonyl (C=O) groups excluding carboxylic acids is 2. The second kappa shape index (κ2) is 6.43. The molecule has 18 heavy (non-hydrogen) atoms. The maximum absolute atomic E-state index is 11.8. The predicted molar refractivity (Wildman–Crippen MR) is 64.8 cm³/mol. The van der Waals surface area contributed by atoms with Crippen LogP contribution in [0.4, 0.5) is 0 Å². The first-order valence-corrected chi connectivity index (χ1v) is 5.78. The van der Waals surface area contributed by atoms with Crippen LogP contribution in [0.5, 0.6) is 0 Å². The lowest BCUT2D eigenvalue weighted by Crippen LogP contribution is -2.51. The number of aromatic nitrogens is 1. The smallest absolute Gasteiger partial charge is 0.268 e. The summed E-state index contributed by atoms with van der Waals surface area (Å²) in [4.78, 5) is 26.8. The second-order valence-corrected chi connectivity index (χ2v) is 4.48. The summed E-state index contributed by atoms with van der Waals surface area (Å²) >= 11 is 3.16. The van der Waals surface area contributed by atoms with Crippen molar-refractivity contribution in [1.82, 2.24) is 15.8 Å². The van der Waals surface area contributed by atoms with Gasteiger partial charge in [0.05, 0.1) is 11.7 Å². The Morgan fingerprint density at radius 3 is 2.61 bits per heavy atom. The predicted octanol–water partition coefficient (Wildman–Crippen LogP) is -0.171. The summed E-state index contributed by atoms with van der Waals surface area (Å²) in [6.07, 6.45) is 1.67. The van der Waals surface area contributed by atoms with E-state index in [1.807, 2.05) is 0 Å². The van der Waals surface area contributed by atoms with E-state index in [9.17, 15) is 14.7 Å². The van der Waals surface area contributed by atoms with E-state index < -0.39 is 24.0 Å². The number of nitrogens with zero attached hydrogens (tertiary/aromatic N) is 1. The minimum Gasteiger partial charge on any atom is -0.391 e. The number of aliphatic hydroxyl groups is 1. The third-order valence-electron chi connectivity index (χ3n) is 2.13.